The molecule has 1 saturated carbocycles. The van der Waals surface area contributed by atoms with Crippen molar-refractivity contribution in [3.05, 3.63) is 54.4 Å². The number of phenols is 1. The van der Waals surface area contributed by atoms with E-state index in [1.165, 1.54) is 30.3 Å². The van der Waals surface area contributed by atoms with E-state index in [1.54, 1.807) is 22.7 Å². The van der Waals surface area contributed by atoms with Crippen molar-refractivity contribution in [2.45, 2.75) is 28.8 Å². The molecule has 3 aromatic heterocycles. The zero-order valence-electron chi connectivity index (χ0n) is 13.8. The van der Waals surface area contributed by atoms with E-state index in [0.717, 1.165) is 16.2 Å². The minimum atomic E-state index is 0.222. The van der Waals surface area contributed by atoms with Gasteiger partial charge in [0, 0.05) is 28.8 Å². The van der Waals surface area contributed by atoms with Crippen molar-refractivity contribution < 1.29 is 5.11 Å². The van der Waals surface area contributed by atoms with E-state index in [0.29, 0.717) is 16.9 Å². The number of aromatic nitrogens is 5. The van der Waals surface area contributed by atoms with E-state index in [4.69, 9.17) is 0 Å². The number of aromatic amines is 1. The average molecular weight is 364 g/mol. The molecule has 5 rings (SSSR count). The quantitative estimate of drug-likeness (QED) is 0.497. The van der Waals surface area contributed by atoms with E-state index in [1.807, 2.05) is 30.5 Å². The number of phenolic OH excluding ortho intramolecular Hbond substituents is 1. The number of nitrogens with one attached hydrogen (secondary N) is 2. The van der Waals surface area contributed by atoms with Crippen LogP contribution in [0.1, 0.15) is 24.5 Å². The first-order valence-corrected chi connectivity index (χ1v) is 9.21. The predicted molar refractivity (Wildman–Crippen MR) is 99.1 cm³/mol. The number of H-pyrrole nitrogens is 1. The lowest BCUT2D eigenvalue weighted by atomic mass is 10.3. The topological polar surface area (TPSA) is 91.1 Å². The zero-order chi connectivity index (χ0) is 17.5. The molecule has 1 fully saturated rings. The standard InChI is InChI=1S/C18H16N6OS/c25-12-3-1-4-13(9-12)26-18-20-17(15-5-2-8-24(15)23-18)19-16-10-14(21-22-16)11-6-7-11/h1-5,8-11,25H,6-7H2,(H2,19,20,21,22,23). The van der Waals surface area contributed by atoms with Gasteiger partial charge in [0.05, 0.1) is 0 Å². The molecular weight excluding hydrogens is 348 g/mol. The van der Waals surface area contributed by atoms with E-state index < -0.39 is 0 Å². The Bertz CT molecular complexity index is 1080. The third kappa shape index (κ3) is 2.99. The van der Waals surface area contributed by atoms with Crippen LogP contribution in [0.5, 0.6) is 5.75 Å². The number of anilines is 2. The molecule has 0 spiro atoms. The zero-order valence-corrected chi connectivity index (χ0v) is 14.6. The minimum absolute atomic E-state index is 0.222. The van der Waals surface area contributed by atoms with Crippen LogP contribution in [0.25, 0.3) is 5.52 Å². The van der Waals surface area contributed by atoms with Gasteiger partial charge < -0.3 is 10.4 Å². The fraction of sp³-hybridized carbons (Fsp3) is 0.167. The lowest BCUT2D eigenvalue weighted by Crippen LogP contribution is -2.02. The van der Waals surface area contributed by atoms with Gasteiger partial charge in [0.25, 0.3) is 0 Å². The van der Waals surface area contributed by atoms with Crippen LogP contribution in [-0.4, -0.2) is 29.9 Å². The summed E-state index contributed by atoms with van der Waals surface area (Å²) in [6.07, 6.45) is 4.33. The SMILES string of the molecule is Oc1cccc(Sc2nc(Nc3cc(C4CC4)[nH]n3)c3cccn3n2)c1. The summed E-state index contributed by atoms with van der Waals surface area (Å²) in [5.74, 6) is 2.29. The summed E-state index contributed by atoms with van der Waals surface area (Å²) in [7, 11) is 0. The Balaban J connectivity index is 1.48. The predicted octanol–water partition coefficient (Wildman–Crippen LogP) is 3.93. The first-order chi connectivity index (χ1) is 12.7. The van der Waals surface area contributed by atoms with Crippen LogP contribution in [-0.2, 0) is 0 Å². The van der Waals surface area contributed by atoms with Crippen LogP contribution in [0.4, 0.5) is 11.6 Å². The Hall–Kier alpha value is -3.00. The lowest BCUT2D eigenvalue weighted by molar-refractivity contribution is 0.474. The smallest absolute Gasteiger partial charge is 0.214 e. The molecule has 1 aromatic carbocycles. The molecule has 3 N–H and O–H groups in total. The second-order valence-corrected chi connectivity index (χ2v) is 7.33. The summed E-state index contributed by atoms with van der Waals surface area (Å²) in [5.41, 5.74) is 2.04. The summed E-state index contributed by atoms with van der Waals surface area (Å²) in [6.45, 7) is 0. The maximum Gasteiger partial charge on any atom is 0.214 e. The molecular formula is C18H16N6OS. The number of benzene rings is 1. The molecule has 0 aliphatic heterocycles. The highest BCUT2D eigenvalue weighted by Gasteiger charge is 2.25. The molecule has 4 aromatic rings. The number of rotatable bonds is 5. The Labute approximate surface area is 153 Å². The van der Waals surface area contributed by atoms with Gasteiger partial charge in [0.15, 0.2) is 11.6 Å². The summed E-state index contributed by atoms with van der Waals surface area (Å²) >= 11 is 1.39. The summed E-state index contributed by atoms with van der Waals surface area (Å²) < 4.78 is 1.79. The molecule has 26 heavy (non-hydrogen) atoms. The molecule has 0 bridgehead atoms. The first kappa shape index (κ1) is 15.3. The Morgan fingerprint density at radius 2 is 2.12 bits per heavy atom. The summed E-state index contributed by atoms with van der Waals surface area (Å²) in [6, 6.07) is 13.0. The van der Waals surface area contributed by atoms with Crippen LogP contribution < -0.4 is 5.32 Å². The molecule has 8 heteroatoms. The number of nitrogens with zero attached hydrogens (tertiary/aromatic N) is 4. The average Bonchev–Trinajstić information content (AvgIpc) is 3.17. The van der Waals surface area contributed by atoms with Crippen LogP contribution in [0, 0.1) is 0 Å². The van der Waals surface area contributed by atoms with E-state index in [2.05, 4.69) is 25.6 Å². The second kappa shape index (κ2) is 6.06. The number of fused-ring (bicyclic) bond motifs is 1. The van der Waals surface area contributed by atoms with Gasteiger partial charge >= 0.3 is 0 Å². The van der Waals surface area contributed by atoms with Gasteiger partial charge in [0.1, 0.15) is 11.3 Å². The van der Waals surface area contributed by atoms with Gasteiger partial charge in [-0.25, -0.2) is 9.50 Å². The Morgan fingerprint density at radius 3 is 2.96 bits per heavy atom. The molecule has 1 aliphatic carbocycles. The first-order valence-electron chi connectivity index (χ1n) is 8.39. The maximum atomic E-state index is 9.65. The lowest BCUT2D eigenvalue weighted by Gasteiger charge is -2.08. The highest BCUT2D eigenvalue weighted by molar-refractivity contribution is 7.99. The molecule has 130 valence electrons. The van der Waals surface area contributed by atoms with E-state index in [-0.39, 0.29) is 5.75 Å². The highest BCUT2D eigenvalue weighted by atomic mass is 32.2. The maximum absolute atomic E-state index is 9.65. The number of aromatic hydroxyl groups is 1. The number of hydrogen-bond donors (Lipinski definition) is 3. The number of hydrogen-bond acceptors (Lipinski definition) is 6. The molecule has 3 heterocycles. The molecule has 0 radical (unpaired) electrons. The minimum Gasteiger partial charge on any atom is -0.508 e. The van der Waals surface area contributed by atoms with Gasteiger partial charge in [-0.15, -0.1) is 5.10 Å². The van der Waals surface area contributed by atoms with Crippen LogP contribution in [0.15, 0.2) is 58.7 Å². The monoisotopic (exact) mass is 364 g/mol. The molecule has 0 saturated heterocycles. The van der Waals surface area contributed by atoms with E-state index >= 15 is 0 Å². The Kier molecular flexibility index (Phi) is 3.56. The van der Waals surface area contributed by atoms with Crippen molar-refractivity contribution in [1.82, 2.24) is 24.8 Å². The van der Waals surface area contributed by atoms with Crippen molar-refractivity contribution in [3.63, 3.8) is 0 Å². The largest absolute Gasteiger partial charge is 0.508 e. The summed E-state index contributed by atoms with van der Waals surface area (Å²) in [4.78, 5) is 5.52. The van der Waals surface area contributed by atoms with Crippen LogP contribution in [0.2, 0.25) is 0 Å². The van der Waals surface area contributed by atoms with Crippen molar-refractivity contribution in [2.75, 3.05) is 5.32 Å². The third-order valence-corrected chi connectivity index (χ3v) is 5.10. The molecule has 7 nitrogen and oxygen atoms in total. The van der Waals surface area contributed by atoms with Gasteiger partial charge in [-0.05, 0) is 54.9 Å². The van der Waals surface area contributed by atoms with E-state index in [9.17, 15) is 5.11 Å². The second-order valence-electron chi connectivity index (χ2n) is 6.29. The van der Waals surface area contributed by atoms with Crippen LogP contribution >= 0.6 is 11.8 Å². The fourth-order valence-electron chi connectivity index (χ4n) is 2.83. The molecule has 0 unspecified atom stereocenters. The normalized spacial score (nSPS) is 14.0. The van der Waals surface area contributed by atoms with Crippen LogP contribution in [0.3, 0.4) is 0 Å². The highest BCUT2D eigenvalue weighted by Crippen LogP contribution is 2.39. The van der Waals surface area contributed by atoms with Crippen molar-refractivity contribution in [1.29, 1.82) is 0 Å². The van der Waals surface area contributed by atoms with Gasteiger partial charge in [-0.1, -0.05) is 6.07 Å². The van der Waals surface area contributed by atoms with Gasteiger partial charge in [-0.2, -0.15) is 5.10 Å². The third-order valence-electron chi connectivity index (χ3n) is 4.26. The van der Waals surface area contributed by atoms with Gasteiger partial charge in [0.2, 0.25) is 5.16 Å². The summed E-state index contributed by atoms with van der Waals surface area (Å²) in [5, 5.41) is 25.5. The van der Waals surface area contributed by atoms with Gasteiger partial charge in [-0.3, -0.25) is 5.10 Å². The fourth-order valence-corrected chi connectivity index (χ4v) is 3.63. The van der Waals surface area contributed by atoms with Crippen molar-refractivity contribution >= 4 is 28.9 Å². The van der Waals surface area contributed by atoms with Crippen molar-refractivity contribution in [2.24, 2.45) is 0 Å². The molecule has 0 atom stereocenters. The molecule has 1 aliphatic rings. The molecule has 0 amide bonds. The van der Waals surface area contributed by atoms with Crippen molar-refractivity contribution in [3.8, 4) is 5.75 Å². The Morgan fingerprint density at radius 1 is 1.19 bits per heavy atom.